The van der Waals surface area contributed by atoms with Crippen molar-refractivity contribution in [2.45, 2.75) is 6.54 Å². The van der Waals surface area contributed by atoms with Gasteiger partial charge in [-0.05, 0) is 33.4 Å². The highest BCUT2D eigenvalue weighted by atomic mass is 79.9. The molecule has 0 unspecified atom stereocenters. The molecule has 0 bridgehead atoms. The monoisotopic (exact) mass is 336 g/mol. The number of rotatable bonds is 3. The molecule has 0 amide bonds. The lowest BCUT2D eigenvalue weighted by atomic mass is 10.4. The van der Waals surface area contributed by atoms with Crippen LogP contribution in [0.2, 0.25) is 0 Å². The van der Waals surface area contributed by atoms with Gasteiger partial charge in [0.15, 0.2) is 0 Å². The molecule has 0 saturated heterocycles. The summed E-state index contributed by atoms with van der Waals surface area (Å²) in [4.78, 5) is 17.1. The standard InChI is InChI=1S/C13H9BrN2O2S/c14-9-3-4-12(17)16(6-9)7-10-8-18-13(15-10)11-2-1-5-19-11/h1-6,8H,7H2. The first kappa shape index (κ1) is 12.4. The summed E-state index contributed by atoms with van der Waals surface area (Å²) in [6, 6.07) is 7.14. The summed E-state index contributed by atoms with van der Waals surface area (Å²) in [6.07, 6.45) is 3.32. The molecule has 96 valence electrons. The molecule has 4 nitrogen and oxygen atoms in total. The number of thiophene rings is 1. The summed E-state index contributed by atoms with van der Waals surface area (Å²) in [6.45, 7) is 0.396. The van der Waals surface area contributed by atoms with Crippen molar-refractivity contribution in [1.29, 1.82) is 0 Å². The number of hydrogen-bond acceptors (Lipinski definition) is 4. The molecule has 0 fully saturated rings. The Morgan fingerprint density at radius 3 is 3.05 bits per heavy atom. The Morgan fingerprint density at radius 1 is 1.37 bits per heavy atom. The molecule has 0 saturated carbocycles. The van der Waals surface area contributed by atoms with Gasteiger partial charge in [-0.3, -0.25) is 4.79 Å². The van der Waals surface area contributed by atoms with Gasteiger partial charge in [-0.15, -0.1) is 11.3 Å². The molecule has 3 rings (SSSR count). The van der Waals surface area contributed by atoms with Crippen LogP contribution in [0.5, 0.6) is 0 Å². The third-order valence-electron chi connectivity index (χ3n) is 2.56. The van der Waals surface area contributed by atoms with Gasteiger partial charge in [0.25, 0.3) is 5.56 Å². The summed E-state index contributed by atoms with van der Waals surface area (Å²) < 4.78 is 7.86. The van der Waals surface area contributed by atoms with Crippen LogP contribution in [0.3, 0.4) is 0 Å². The minimum absolute atomic E-state index is 0.0659. The van der Waals surface area contributed by atoms with Gasteiger partial charge < -0.3 is 8.98 Å². The van der Waals surface area contributed by atoms with E-state index >= 15 is 0 Å². The third kappa shape index (κ3) is 2.69. The van der Waals surface area contributed by atoms with Gasteiger partial charge in [-0.25, -0.2) is 4.98 Å². The topological polar surface area (TPSA) is 48.0 Å². The van der Waals surface area contributed by atoms with E-state index in [1.807, 2.05) is 17.5 Å². The van der Waals surface area contributed by atoms with Gasteiger partial charge in [0.05, 0.1) is 17.1 Å². The molecule has 0 aliphatic heterocycles. The Balaban J connectivity index is 1.88. The van der Waals surface area contributed by atoms with Crippen LogP contribution in [0.1, 0.15) is 5.69 Å². The first-order chi connectivity index (χ1) is 9.22. The van der Waals surface area contributed by atoms with Crippen LogP contribution in [0, 0.1) is 0 Å². The zero-order chi connectivity index (χ0) is 13.2. The van der Waals surface area contributed by atoms with Gasteiger partial charge in [0.1, 0.15) is 6.26 Å². The quantitative estimate of drug-likeness (QED) is 0.736. The van der Waals surface area contributed by atoms with E-state index in [0.717, 1.165) is 15.0 Å². The fourth-order valence-electron chi connectivity index (χ4n) is 1.69. The zero-order valence-corrected chi connectivity index (χ0v) is 12.1. The van der Waals surface area contributed by atoms with Crippen molar-refractivity contribution in [1.82, 2.24) is 9.55 Å². The number of pyridine rings is 1. The molecular weight excluding hydrogens is 328 g/mol. The Kier molecular flexibility index (Phi) is 3.35. The normalized spacial score (nSPS) is 10.8. The van der Waals surface area contributed by atoms with Crippen LogP contribution in [0.15, 0.2) is 55.8 Å². The minimum Gasteiger partial charge on any atom is -0.443 e. The number of nitrogens with zero attached hydrogens (tertiary/aromatic N) is 2. The molecule has 0 radical (unpaired) electrons. The maximum absolute atomic E-state index is 11.7. The van der Waals surface area contributed by atoms with Gasteiger partial charge in [-0.1, -0.05) is 6.07 Å². The summed E-state index contributed by atoms with van der Waals surface area (Å²) in [7, 11) is 0. The van der Waals surface area contributed by atoms with E-state index in [0.29, 0.717) is 12.4 Å². The lowest BCUT2D eigenvalue weighted by Gasteiger charge is -2.02. The van der Waals surface area contributed by atoms with Crippen molar-refractivity contribution in [2.75, 3.05) is 0 Å². The van der Waals surface area contributed by atoms with Crippen molar-refractivity contribution < 1.29 is 4.42 Å². The Labute approximate surface area is 121 Å². The van der Waals surface area contributed by atoms with E-state index in [2.05, 4.69) is 20.9 Å². The largest absolute Gasteiger partial charge is 0.443 e. The molecule has 0 aliphatic carbocycles. The van der Waals surface area contributed by atoms with Crippen molar-refractivity contribution in [3.8, 4) is 10.8 Å². The smallest absolute Gasteiger partial charge is 0.250 e. The second kappa shape index (κ2) is 5.14. The second-order valence-corrected chi connectivity index (χ2v) is 5.80. The zero-order valence-electron chi connectivity index (χ0n) is 9.75. The van der Waals surface area contributed by atoms with E-state index in [9.17, 15) is 4.79 Å². The number of halogens is 1. The van der Waals surface area contributed by atoms with Gasteiger partial charge in [0, 0.05) is 16.7 Å². The molecule has 0 aliphatic rings. The Bertz CT molecular complexity index is 746. The highest BCUT2D eigenvalue weighted by Gasteiger charge is 2.08. The molecule has 19 heavy (non-hydrogen) atoms. The summed E-state index contributed by atoms with van der Waals surface area (Å²) in [5.41, 5.74) is 0.660. The van der Waals surface area contributed by atoms with E-state index in [-0.39, 0.29) is 5.56 Å². The first-order valence-corrected chi connectivity index (χ1v) is 7.24. The molecule has 0 aromatic carbocycles. The fourth-order valence-corrected chi connectivity index (χ4v) is 2.73. The predicted molar refractivity (Wildman–Crippen MR) is 77.3 cm³/mol. The van der Waals surface area contributed by atoms with Gasteiger partial charge in [-0.2, -0.15) is 0 Å². The van der Waals surface area contributed by atoms with Crippen LogP contribution in [-0.4, -0.2) is 9.55 Å². The van der Waals surface area contributed by atoms with Crippen LogP contribution < -0.4 is 5.56 Å². The Hall–Kier alpha value is -1.66. The van der Waals surface area contributed by atoms with Crippen molar-refractivity contribution >= 4 is 27.3 Å². The van der Waals surface area contributed by atoms with Crippen LogP contribution >= 0.6 is 27.3 Å². The molecule has 3 aromatic heterocycles. The van der Waals surface area contributed by atoms with Gasteiger partial charge >= 0.3 is 0 Å². The van der Waals surface area contributed by atoms with E-state index in [1.54, 1.807) is 34.4 Å². The van der Waals surface area contributed by atoms with Crippen molar-refractivity contribution in [3.05, 3.63) is 62.6 Å². The van der Waals surface area contributed by atoms with Crippen LogP contribution in [-0.2, 0) is 6.54 Å². The molecule has 6 heteroatoms. The SMILES string of the molecule is O=c1ccc(Br)cn1Cc1coc(-c2cccs2)n1. The van der Waals surface area contributed by atoms with Crippen molar-refractivity contribution in [2.24, 2.45) is 0 Å². The molecule has 3 aromatic rings. The minimum atomic E-state index is -0.0659. The molecule has 3 heterocycles. The average molecular weight is 337 g/mol. The molecular formula is C13H9BrN2O2S. The Morgan fingerprint density at radius 2 is 2.26 bits per heavy atom. The highest BCUT2D eigenvalue weighted by Crippen LogP contribution is 2.23. The van der Waals surface area contributed by atoms with Gasteiger partial charge in [0.2, 0.25) is 5.89 Å². The van der Waals surface area contributed by atoms with E-state index in [4.69, 9.17) is 4.42 Å². The fraction of sp³-hybridized carbons (Fsp3) is 0.0769. The number of aromatic nitrogens is 2. The lowest BCUT2D eigenvalue weighted by molar-refractivity contribution is 0.572. The van der Waals surface area contributed by atoms with Crippen molar-refractivity contribution in [3.63, 3.8) is 0 Å². The lowest BCUT2D eigenvalue weighted by Crippen LogP contribution is -2.18. The third-order valence-corrected chi connectivity index (χ3v) is 3.89. The molecule has 0 spiro atoms. The molecule has 0 N–H and O–H groups in total. The summed E-state index contributed by atoms with van der Waals surface area (Å²) in [5.74, 6) is 0.591. The van der Waals surface area contributed by atoms with E-state index < -0.39 is 0 Å². The summed E-state index contributed by atoms with van der Waals surface area (Å²) in [5, 5.41) is 1.97. The summed E-state index contributed by atoms with van der Waals surface area (Å²) >= 11 is 4.91. The van der Waals surface area contributed by atoms with Crippen LogP contribution in [0.4, 0.5) is 0 Å². The highest BCUT2D eigenvalue weighted by molar-refractivity contribution is 9.10. The predicted octanol–water partition coefficient (Wildman–Crippen LogP) is 3.38. The van der Waals surface area contributed by atoms with Crippen LogP contribution in [0.25, 0.3) is 10.8 Å². The maximum Gasteiger partial charge on any atom is 0.250 e. The maximum atomic E-state index is 11.7. The van der Waals surface area contributed by atoms with E-state index in [1.165, 1.54) is 6.07 Å². The average Bonchev–Trinajstić information content (AvgIpc) is 3.04. The first-order valence-electron chi connectivity index (χ1n) is 5.56. The molecule has 0 atom stereocenters. The number of oxazole rings is 1. The second-order valence-electron chi connectivity index (χ2n) is 3.93. The number of hydrogen-bond donors (Lipinski definition) is 0.